The average molecular weight is 315 g/mol. The smallest absolute Gasteiger partial charge is 0.253 e. The highest BCUT2D eigenvalue weighted by atomic mass is 16.5. The van der Waals surface area contributed by atoms with Gasteiger partial charge in [-0.1, -0.05) is 6.07 Å². The third-order valence-electron chi connectivity index (χ3n) is 4.64. The second-order valence-electron chi connectivity index (χ2n) is 6.17. The summed E-state index contributed by atoms with van der Waals surface area (Å²) in [6.07, 6.45) is 3.65. The first-order chi connectivity index (χ1) is 11.3. The maximum absolute atomic E-state index is 12.6. The van der Waals surface area contributed by atoms with Crippen LogP contribution in [0.15, 0.2) is 24.4 Å². The van der Waals surface area contributed by atoms with Crippen molar-refractivity contribution in [3.8, 4) is 0 Å². The van der Waals surface area contributed by atoms with E-state index in [2.05, 4.69) is 15.5 Å². The average Bonchev–Trinajstić information content (AvgIpc) is 3.06. The zero-order valence-electron chi connectivity index (χ0n) is 13.0. The Bertz CT molecular complexity index is 695. The molecule has 2 aliphatic rings. The van der Waals surface area contributed by atoms with Gasteiger partial charge >= 0.3 is 0 Å². The Morgan fingerprint density at radius 1 is 1.35 bits per heavy atom. The first-order valence-electron chi connectivity index (χ1n) is 8.24. The van der Waals surface area contributed by atoms with E-state index in [9.17, 15) is 4.79 Å². The third-order valence-corrected chi connectivity index (χ3v) is 4.64. The summed E-state index contributed by atoms with van der Waals surface area (Å²) in [4.78, 5) is 14.6. The number of fused-ring (bicyclic) bond motifs is 1. The van der Waals surface area contributed by atoms with E-state index in [1.54, 1.807) is 0 Å². The molecule has 122 valence electrons. The van der Waals surface area contributed by atoms with Gasteiger partial charge in [-0.15, -0.1) is 10.2 Å². The van der Waals surface area contributed by atoms with E-state index in [4.69, 9.17) is 4.74 Å². The summed E-state index contributed by atoms with van der Waals surface area (Å²) in [5.41, 5.74) is 0.853. The third kappa shape index (κ3) is 2.82. The fourth-order valence-electron chi connectivity index (χ4n) is 3.45. The first kappa shape index (κ1) is 14.6. The van der Waals surface area contributed by atoms with Crippen molar-refractivity contribution in [2.75, 3.05) is 32.8 Å². The van der Waals surface area contributed by atoms with Gasteiger partial charge in [-0.25, -0.2) is 0 Å². The standard InChI is InChI=1S/C16H21N5O2/c22-16(13-10-17-6-9-23-13)20-7-3-4-12(11-20)15-19-18-14-5-1-2-8-21(14)15/h1-2,5,8,12-13,17H,3-4,6-7,9-11H2. The Morgan fingerprint density at radius 3 is 3.17 bits per heavy atom. The van der Waals surface area contributed by atoms with Gasteiger partial charge in [0.05, 0.1) is 6.61 Å². The number of likely N-dealkylation sites (tertiary alicyclic amines) is 1. The van der Waals surface area contributed by atoms with Gasteiger partial charge in [0.1, 0.15) is 11.9 Å². The second-order valence-corrected chi connectivity index (χ2v) is 6.17. The molecule has 7 nitrogen and oxygen atoms in total. The fraction of sp³-hybridized carbons (Fsp3) is 0.562. The van der Waals surface area contributed by atoms with E-state index in [-0.39, 0.29) is 17.9 Å². The van der Waals surface area contributed by atoms with E-state index < -0.39 is 0 Å². The van der Waals surface area contributed by atoms with Crippen LogP contribution in [-0.4, -0.2) is 64.3 Å². The number of aromatic nitrogens is 3. The Kier molecular flexibility index (Phi) is 3.97. The number of piperidine rings is 1. The Morgan fingerprint density at radius 2 is 2.30 bits per heavy atom. The lowest BCUT2D eigenvalue weighted by Crippen LogP contribution is -2.51. The lowest BCUT2D eigenvalue weighted by atomic mass is 9.96. The summed E-state index contributed by atoms with van der Waals surface area (Å²) >= 11 is 0. The number of hydrogen-bond donors (Lipinski definition) is 1. The second kappa shape index (κ2) is 6.25. The van der Waals surface area contributed by atoms with Crippen LogP contribution in [0.5, 0.6) is 0 Å². The molecule has 2 aromatic rings. The van der Waals surface area contributed by atoms with Gasteiger partial charge in [0, 0.05) is 38.3 Å². The van der Waals surface area contributed by atoms with Gasteiger partial charge < -0.3 is 15.0 Å². The number of amides is 1. The van der Waals surface area contributed by atoms with Gasteiger partial charge in [0.25, 0.3) is 5.91 Å². The van der Waals surface area contributed by atoms with Crippen molar-refractivity contribution in [2.24, 2.45) is 0 Å². The molecule has 0 bridgehead atoms. The lowest BCUT2D eigenvalue weighted by molar-refractivity contribution is -0.146. The van der Waals surface area contributed by atoms with E-state index in [1.807, 2.05) is 33.7 Å². The van der Waals surface area contributed by atoms with E-state index in [0.717, 1.165) is 37.4 Å². The van der Waals surface area contributed by atoms with Crippen LogP contribution in [0.25, 0.3) is 5.65 Å². The quantitative estimate of drug-likeness (QED) is 0.870. The monoisotopic (exact) mass is 315 g/mol. The molecule has 1 N–H and O–H groups in total. The zero-order valence-corrected chi connectivity index (χ0v) is 13.0. The van der Waals surface area contributed by atoms with Crippen molar-refractivity contribution in [1.29, 1.82) is 0 Å². The topological polar surface area (TPSA) is 71.8 Å². The molecule has 0 saturated carbocycles. The number of nitrogens with zero attached hydrogens (tertiary/aromatic N) is 4. The number of carbonyl (C=O) groups excluding carboxylic acids is 1. The van der Waals surface area contributed by atoms with Crippen molar-refractivity contribution >= 4 is 11.6 Å². The zero-order chi connectivity index (χ0) is 15.6. The molecule has 1 amide bonds. The summed E-state index contributed by atoms with van der Waals surface area (Å²) in [6.45, 7) is 3.51. The van der Waals surface area contributed by atoms with Gasteiger partial charge in [0.15, 0.2) is 5.65 Å². The molecule has 2 aromatic heterocycles. The summed E-state index contributed by atoms with van der Waals surface area (Å²) < 4.78 is 7.63. The number of ether oxygens (including phenoxy) is 1. The number of carbonyl (C=O) groups is 1. The SMILES string of the molecule is O=C(C1CNCCO1)N1CCCC(c2nnc3ccccn23)C1. The van der Waals surface area contributed by atoms with Gasteiger partial charge in [0.2, 0.25) is 0 Å². The Balaban J connectivity index is 1.51. The molecule has 0 aliphatic carbocycles. The predicted octanol–water partition coefficient (Wildman–Crippen LogP) is 0.424. The van der Waals surface area contributed by atoms with Crippen LogP contribution in [0.4, 0.5) is 0 Å². The van der Waals surface area contributed by atoms with E-state index >= 15 is 0 Å². The number of nitrogens with one attached hydrogen (secondary N) is 1. The van der Waals surface area contributed by atoms with Crippen molar-refractivity contribution in [2.45, 2.75) is 24.9 Å². The summed E-state index contributed by atoms with van der Waals surface area (Å²) in [7, 11) is 0. The van der Waals surface area contributed by atoms with Gasteiger partial charge in [-0.05, 0) is 25.0 Å². The highest BCUT2D eigenvalue weighted by Crippen LogP contribution is 2.26. The maximum atomic E-state index is 12.6. The minimum Gasteiger partial charge on any atom is -0.366 e. The van der Waals surface area contributed by atoms with E-state index in [1.165, 1.54) is 0 Å². The van der Waals surface area contributed by atoms with Crippen LogP contribution < -0.4 is 5.32 Å². The molecule has 23 heavy (non-hydrogen) atoms. The molecule has 0 radical (unpaired) electrons. The van der Waals surface area contributed by atoms with Crippen molar-refractivity contribution in [1.82, 2.24) is 24.8 Å². The minimum atomic E-state index is -0.349. The molecule has 2 unspecified atom stereocenters. The molecule has 2 aliphatic heterocycles. The number of hydrogen-bond acceptors (Lipinski definition) is 5. The molecule has 2 saturated heterocycles. The van der Waals surface area contributed by atoms with Gasteiger partial charge in [-0.3, -0.25) is 9.20 Å². The first-order valence-corrected chi connectivity index (χ1v) is 8.24. The Labute approximate surface area is 134 Å². The number of rotatable bonds is 2. The normalized spacial score (nSPS) is 25.7. The van der Waals surface area contributed by atoms with Crippen LogP contribution in [0.2, 0.25) is 0 Å². The largest absolute Gasteiger partial charge is 0.366 e. The molecule has 0 spiro atoms. The molecular weight excluding hydrogens is 294 g/mol. The van der Waals surface area contributed by atoms with Crippen molar-refractivity contribution in [3.05, 3.63) is 30.2 Å². The molecule has 2 fully saturated rings. The van der Waals surface area contributed by atoms with E-state index in [0.29, 0.717) is 19.7 Å². The lowest BCUT2D eigenvalue weighted by Gasteiger charge is -2.35. The number of pyridine rings is 1. The van der Waals surface area contributed by atoms with Crippen molar-refractivity contribution < 1.29 is 9.53 Å². The maximum Gasteiger partial charge on any atom is 0.253 e. The van der Waals surface area contributed by atoms with Crippen LogP contribution >= 0.6 is 0 Å². The predicted molar refractivity (Wildman–Crippen MR) is 84.2 cm³/mol. The number of morpholine rings is 1. The molecule has 4 rings (SSSR count). The molecule has 2 atom stereocenters. The van der Waals surface area contributed by atoms with Crippen molar-refractivity contribution in [3.63, 3.8) is 0 Å². The minimum absolute atomic E-state index is 0.0933. The highest BCUT2D eigenvalue weighted by molar-refractivity contribution is 5.81. The van der Waals surface area contributed by atoms with Crippen LogP contribution in [0.3, 0.4) is 0 Å². The van der Waals surface area contributed by atoms with Crippen LogP contribution in [-0.2, 0) is 9.53 Å². The summed E-state index contributed by atoms with van der Waals surface area (Å²) in [5, 5.41) is 11.8. The molecule has 4 heterocycles. The Hall–Kier alpha value is -1.99. The fourth-order valence-corrected chi connectivity index (χ4v) is 3.45. The summed E-state index contributed by atoms with van der Waals surface area (Å²) in [6, 6.07) is 5.88. The van der Waals surface area contributed by atoms with Gasteiger partial charge in [-0.2, -0.15) is 0 Å². The molecule has 0 aromatic carbocycles. The molecule has 7 heteroatoms. The molecular formula is C16H21N5O2. The highest BCUT2D eigenvalue weighted by Gasteiger charge is 2.32. The summed E-state index contributed by atoms with van der Waals surface area (Å²) in [5.74, 6) is 1.26. The van der Waals surface area contributed by atoms with Crippen LogP contribution in [0, 0.1) is 0 Å². The van der Waals surface area contributed by atoms with Crippen LogP contribution in [0.1, 0.15) is 24.6 Å².